The van der Waals surface area contributed by atoms with Crippen LogP contribution in [0, 0.1) is 0 Å². The van der Waals surface area contributed by atoms with Crippen LogP contribution in [0.2, 0.25) is 0 Å². The first-order chi connectivity index (χ1) is 10.2. The van der Waals surface area contributed by atoms with Crippen molar-refractivity contribution >= 4 is 0 Å². The van der Waals surface area contributed by atoms with Crippen molar-refractivity contribution in [2.24, 2.45) is 0 Å². The molecule has 0 bridgehead atoms. The summed E-state index contributed by atoms with van der Waals surface area (Å²) in [5, 5.41) is 10.4. The highest BCUT2D eigenvalue weighted by atomic mass is 16.6. The van der Waals surface area contributed by atoms with E-state index in [9.17, 15) is 5.11 Å². The maximum atomic E-state index is 10.4. The molecule has 1 saturated heterocycles. The van der Waals surface area contributed by atoms with Gasteiger partial charge in [-0.1, -0.05) is 29.4 Å². The Morgan fingerprint density at radius 3 is 2.55 bits per heavy atom. The van der Waals surface area contributed by atoms with Gasteiger partial charge in [-0.25, -0.2) is 0 Å². The Morgan fingerprint density at radius 1 is 1.14 bits per heavy atom. The number of fused-ring (bicyclic) bond motifs is 1. The van der Waals surface area contributed by atoms with Crippen molar-refractivity contribution in [1.82, 2.24) is 0 Å². The minimum atomic E-state index is -0.744. The number of epoxide rings is 1. The van der Waals surface area contributed by atoms with Gasteiger partial charge >= 0.3 is 0 Å². The van der Waals surface area contributed by atoms with Gasteiger partial charge in [0.15, 0.2) is 0 Å². The van der Waals surface area contributed by atoms with E-state index in [2.05, 4.69) is 39.0 Å². The van der Waals surface area contributed by atoms with E-state index in [1.165, 1.54) is 11.1 Å². The summed E-state index contributed by atoms with van der Waals surface area (Å²) < 4.78 is 5.93. The smallest absolute Gasteiger partial charge is 0.0923 e. The largest absolute Gasteiger partial charge is 0.386 e. The van der Waals surface area contributed by atoms with Crippen molar-refractivity contribution in [3.63, 3.8) is 0 Å². The molecule has 0 aromatic rings. The summed E-state index contributed by atoms with van der Waals surface area (Å²) in [6.45, 7) is 10.4. The van der Waals surface area contributed by atoms with Gasteiger partial charge in [0, 0.05) is 0 Å². The van der Waals surface area contributed by atoms with E-state index in [0.29, 0.717) is 6.10 Å². The maximum absolute atomic E-state index is 10.4. The third kappa shape index (κ3) is 4.82. The van der Waals surface area contributed by atoms with Gasteiger partial charge in [-0.15, -0.1) is 0 Å². The van der Waals surface area contributed by atoms with E-state index in [-0.39, 0.29) is 5.60 Å². The Kier molecular flexibility index (Phi) is 5.34. The highest BCUT2D eigenvalue weighted by Crippen LogP contribution is 2.43. The van der Waals surface area contributed by atoms with Gasteiger partial charge in [-0.3, -0.25) is 0 Å². The molecular weight excluding hydrogens is 272 g/mol. The Hall–Kier alpha value is -0.860. The molecule has 0 amide bonds. The van der Waals surface area contributed by atoms with Gasteiger partial charge in [0.05, 0.1) is 17.3 Å². The quantitative estimate of drug-likeness (QED) is 0.541. The zero-order valence-electron chi connectivity index (χ0n) is 14.9. The van der Waals surface area contributed by atoms with Crippen LogP contribution in [0.25, 0.3) is 0 Å². The summed E-state index contributed by atoms with van der Waals surface area (Å²) in [6.07, 6.45) is 13.4. The molecule has 2 atom stereocenters. The Labute approximate surface area is 136 Å². The van der Waals surface area contributed by atoms with Gasteiger partial charge in [-0.2, -0.15) is 0 Å². The Bertz CT molecular complexity index is 490. The molecule has 2 nitrogen and oxygen atoms in total. The monoisotopic (exact) mass is 304 g/mol. The summed E-state index contributed by atoms with van der Waals surface area (Å²) in [5.41, 5.74) is 3.25. The van der Waals surface area contributed by atoms with Crippen LogP contribution in [0.1, 0.15) is 73.1 Å². The van der Waals surface area contributed by atoms with Crippen molar-refractivity contribution in [2.45, 2.75) is 90.4 Å². The number of allylic oxidation sites excluding steroid dienone is 5. The number of ether oxygens (including phenoxy) is 1. The van der Waals surface area contributed by atoms with E-state index in [4.69, 9.17) is 4.74 Å². The standard InChI is InChI=1S/C20H32O2/c1-15-7-6-14-20(5)18(22-20)13-10-16(2)9-12-17(11-8-15)19(3,4)21/h7,9,12,18,21H,6,8,10-11,13-14H2,1-5H3/b15-7+,16-9+,17-12+/t18-,20-/m1/s1. The van der Waals surface area contributed by atoms with Gasteiger partial charge in [0.1, 0.15) is 0 Å². The molecule has 0 radical (unpaired) electrons. The van der Waals surface area contributed by atoms with Crippen molar-refractivity contribution in [3.8, 4) is 0 Å². The molecule has 2 rings (SSSR count). The van der Waals surface area contributed by atoms with Crippen molar-refractivity contribution < 1.29 is 9.84 Å². The topological polar surface area (TPSA) is 32.8 Å². The van der Waals surface area contributed by atoms with Crippen LogP contribution in [-0.2, 0) is 4.74 Å². The molecule has 0 saturated carbocycles. The molecule has 124 valence electrons. The molecule has 1 fully saturated rings. The van der Waals surface area contributed by atoms with Crippen LogP contribution >= 0.6 is 0 Å². The van der Waals surface area contributed by atoms with Crippen molar-refractivity contribution in [1.29, 1.82) is 0 Å². The van der Waals surface area contributed by atoms with Crippen LogP contribution < -0.4 is 0 Å². The number of hydrogen-bond acceptors (Lipinski definition) is 2. The normalized spacial score (nSPS) is 38.5. The zero-order valence-corrected chi connectivity index (χ0v) is 14.9. The van der Waals surface area contributed by atoms with Crippen molar-refractivity contribution in [2.75, 3.05) is 0 Å². The summed E-state index contributed by atoms with van der Waals surface area (Å²) in [7, 11) is 0. The van der Waals surface area contributed by atoms with E-state index in [1.807, 2.05) is 13.8 Å². The number of rotatable bonds is 1. The van der Waals surface area contributed by atoms with Gasteiger partial charge in [0.2, 0.25) is 0 Å². The molecule has 0 aromatic carbocycles. The lowest BCUT2D eigenvalue weighted by molar-refractivity contribution is 0.116. The molecule has 2 heteroatoms. The summed E-state index contributed by atoms with van der Waals surface area (Å²) >= 11 is 0. The fourth-order valence-corrected chi connectivity index (χ4v) is 3.19. The third-order valence-electron chi connectivity index (χ3n) is 5.11. The van der Waals surface area contributed by atoms with Crippen LogP contribution in [0.3, 0.4) is 0 Å². The summed E-state index contributed by atoms with van der Waals surface area (Å²) in [5.74, 6) is 0. The van der Waals surface area contributed by atoms with Crippen LogP contribution in [0.4, 0.5) is 0 Å². The third-order valence-corrected chi connectivity index (χ3v) is 5.11. The van der Waals surface area contributed by atoms with E-state index in [0.717, 1.165) is 44.1 Å². The van der Waals surface area contributed by atoms with E-state index < -0.39 is 5.60 Å². The molecule has 22 heavy (non-hydrogen) atoms. The molecule has 0 spiro atoms. The molecular formula is C20H32O2. The second-order valence-electron chi connectivity index (χ2n) is 7.81. The number of aliphatic hydroxyl groups is 1. The maximum Gasteiger partial charge on any atom is 0.0923 e. The summed E-state index contributed by atoms with van der Waals surface area (Å²) in [4.78, 5) is 0. The highest BCUT2D eigenvalue weighted by molar-refractivity contribution is 5.24. The second kappa shape index (κ2) is 6.72. The predicted molar refractivity (Wildman–Crippen MR) is 92.9 cm³/mol. The molecule has 0 unspecified atom stereocenters. The lowest BCUT2D eigenvalue weighted by atomic mass is 9.90. The molecule has 1 N–H and O–H groups in total. The number of hydrogen-bond donors (Lipinski definition) is 1. The lowest BCUT2D eigenvalue weighted by Crippen LogP contribution is -2.22. The van der Waals surface area contributed by atoms with Gasteiger partial charge < -0.3 is 9.84 Å². The minimum absolute atomic E-state index is 0.106. The van der Waals surface area contributed by atoms with Gasteiger partial charge in [0.25, 0.3) is 0 Å². The second-order valence-corrected chi connectivity index (χ2v) is 7.81. The molecule has 0 aromatic heterocycles. The Morgan fingerprint density at radius 2 is 1.86 bits per heavy atom. The predicted octanol–water partition coefficient (Wildman–Crippen LogP) is 5.09. The molecule has 1 aliphatic heterocycles. The molecule has 1 heterocycles. The molecule has 1 aliphatic carbocycles. The Balaban J connectivity index is 2.16. The van der Waals surface area contributed by atoms with Crippen LogP contribution in [0.15, 0.2) is 34.9 Å². The highest BCUT2D eigenvalue weighted by Gasteiger charge is 2.50. The first kappa shape index (κ1) is 17.5. The fraction of sp³-hybridized carbons (Fsp3) is 0.700. The van der Waals surface area contributed by atoms with Gasteiger partial charge in [-0.05, 0) is 78.7 Å². The van der Waals surface area contributed by atoms with Crippen molar-refractivity contribution in [3.05, 3.63) is 34.9 Å². The zero-order chi connectivity index (χ0) is 16.4. The van der Waals surface area contributed by atoms with E-state index in [1.54, 1.807) is 0 Å². The lowest BCUT2D eigenvalue weighted by Gasteiger charge is -2.22. The first-order valence-electron chi connectivity index (χ1n) is 8.63. The van der Waals surface area contributed by atoms with E-state index >= 15 is 0 Å². The average Bonchev–Trinajstić information content (AvgIpc) is 3.04. The minimum Gasteiger partial charge on any atom is -0.386 e. The SMILES string of the molecule is C/C1=C\CC[C@@]2(C)O[C@@H]2CC/C(C)=C/C=C(/C(C)(C)O)CC1. The first-order valence-corrected chi connectivity index (χ1v) is 8.63. The average molecular weight is 304 g/mol. The van der Waals surface area contributed by atoms with Crippen LogP contribution in [0.5, 0.6) is 0 Å². The summed E-state index contributed by atoms with van der Waals surface area (Å²) in [6, 6.07) is 0. The molecule has 2 aliphatic rings. The fourth-order valence-electron chi connectivity index (χ4n) is 3.19. The van der Waals surface area contributed by atoms with Crippen LogP contribution in [-0.4, -0.2) is 22.4 Å².